The lowest BCUT2D eigenvalue weighted by atomic mass is 9.75. The first-order chi connectivity index (χ1) is 10.4. The molecule has 1 rings (SSSR count). The second-order valence-electron chi connectivity index (χ2n) is 5.40. The molecule has 0 aromatic heterocycles. The van der Waals surface area contributed by atoms with Gasteiger partial charge in [0.1, 0.15) is 6.04 Å². The molecule has 1 atom stereocenters. The fourth-order valence-electron chi connectivity index (χ4n) is 2.48. The van der Waals surface area contributed by atoms with Gasteiger partial charge in [-0.25, -0.2) is 0 Å². The van der Waals surface area contributed by atoms with E-state index >= 15 is 0 Å². The molecule has 0 aliphatic carbocycles. The van der Waals surface area contributed by atoms with Crippen molar-refractivity contribution in [2.75, 3.05) is 20.3 Å². The number of amides is 1. The minimum absolute atomic E-state index is 0. The Labute approximate surface area is 154 Å². The van der Waals surface area contributed by atoms with Crippen molar-refractivity contribution in [3.8, 4) is 0 Å². The number of methoxy groups -OCH3 is 1. The summed E-state index contributed by atoms with van der Waals surface area (Å²) in [6.07, 6.45) is 1.72. The average Bonchev–Trinajstić information content (AvgIpc) is 2.52. The Morgan fingerprint density at radius 3 is 2.39 bits per heavy atom. The van der Waals surface area contributed by atoms with Crippen LogP contribution < -0.4 is 11.1 Å². The van der Waals surface area contributed by atoms with Crippen LogP contribution in [0.1, 0.15) is 32.3 Å². The van der Waals surface area contributed by atoms with Gasteiger partial charge in [0, 0.05) is 19.1 Å². The number of benzene rings is 1. The zero-order valence-electron chi connectivity index (χ0n) is 13.7. The highest BCUT2D eigenvalue weighted by molar-refractivity contribution is 6.42. The molecule has 132 valence electrons. The predicted octanol–water partition coefficient (Wildman–Crippen LogP) is 3.56. The third-order valence-corrected chi connectivity index (χ3v) is 4.91. The van der Waals surface area contributed by atoms with Gasteiger partial charge in [0.2, 0.25) is 5.91 Å². The topological polar surface area (TPSA) is 64.4 Å². The average molecular weight is 384 g/mol. The van der Waals surface area contributed by atoms with Crippen molar-refractivity contribution < 1.29 is 9.53 Å². The summed E-state index contributed by atoms with van der Waals surface area (Å²) < 4.78 is 4.90. The summed E-state index contributed by atoms with van der Waals surface area (Å²) in [5.41, 5.74) is 6.61. The molecule has 0 radical (unpaired) electrons. The molecule has 1 aromatic rings. The minimum Gasteiger partial charge on any atom is -0.383 e. The first-order valence-electron chi connectivity index (χ1n) is 7.38. The van der Waals surface area contributed by atoms with Gasteiger partial charge in [-0.2, -0.15) is 0 Å². The quantitative estimate of drug-likeness (QED) is 0.721. The Hall–Kier alpha value is -0.520. The predicted molar refractivity (Wildman–Crippen MR) is 98.8 cm³/mol. The van der Waals surface area contributed by atoms with E-state index in [2.05, 4.69) is 19.2 Å². The van der Waals surface area contributed by atoms with Crippen molar-refractivity contribution in [1.82, 2.24) is 5.32 Å². The fourth-order valence-corrected chi connectivity index (χ4v) is 2.78. The summed E-state index contributed by atoms with van der Waals surface area (Å²) >= 11 is 12.1. The van der Waals surface area contributed by atoms with E-state index in [0.717, 1.165) is 18.4 Å². The molecule has 0 aliphatic heterocycles. The third kappa shape index (κ3) is 5.80. The zero-order chi connectivity index (χ0) is 16.8. The molecule has 7 heteroatoms. The lowest BCUT2D eigenvalue weighted by molar-refractivity contribution is -0.123. The maximum absolute atomic E-state index is 12.0. The standard InChI is InChI=1S/C16H24Cl2N2O2.ClH/c1-4-16(5-2,10-20-15(21)14(19)9-22-3)11-6-7-12(17)13(18)8-11;/h6-8,14H,4-5,9-10,19H2,1-3H3,(H,20,21);1H. The summed E-state index contributed by atoms with van der Waals surface area (Å²) in [4.78, 5) is 12.0. The smallest absolute Gasteiger partial charge is 0.239 e. The van der Waals surface area contributed by atoms with Gasteiger partial charge in [-0.15, -0.1) is 12.4 Å². The van der Waals surface area contributed by atoms with Crippen molar-refractivity contribution in [2.45, 2.75) is 38.1 Å². The number of carbonyl (C=O) groups is 1. The number of rotatable bonds is 8. The number of halogens is 3. The monoisotopic (exact) mass is 382 g/mol. The molecule has 4 nitrogen and oxygen atoms in total. The summed E-state index contributed by atoms with van der Waals surface area (Å²) in [5.74, 6) is -0.215. The SMILES string of the molecule is CCC(CC)(CNC(=O)C(N)COC)c1ccc(Cl)c(Cl)c1.Cl. The van der Waals surface area contributed by atoms with Gasteiger partial charge in [-0.3, -0.25) is 4.79 Å². The summed E-state index contributed by atoms with van der Waals surface area (Å²) in [6, 6.07) is 4.96. The van der Waals surface area contributed by atoms with E-state index < -0.39 is 6.04 Å². The van der Waals surface area contributed by atoms with Gasteiger partial charge in [-0.05, 0) is 30.5 Å². The number of hydrogen-bond donors (Lipinski definition) is 2. The van der Waals surface area contributed by atoms with Crippen LogP contribution in [-0.2, 0) is 14.9 Å². The maximum atomic E-state index is 12.0. The number of nitrogens with one attached hydrogen (secondary N) is 1. The van der Waals surface area contributed by atoms with E-state index in [1.165, 1.54) is 7.11 Å². The minimum atomic E-state index is -0.662. The lowest BCUT2D eigenvalue weighted by Gasteiger charge is -2.33. The molecule has 0 saturated heterocycles. The fraction of sp³-hybridized carbons (Fsp3) is 0.562. The Morgan fingerprint density at radius 1 is 1.30 bits per heavy atom. The zero-order valence-corrected chi connectivity index (χ0v) is 16.0. The number of nitrogens with two attached hydrogens (primary N) is 1. The van der Waals surface area contributed by atoms with Crippen LogP contribution in [0, 0.1) is 0 Å². The van der Waals surface area contributed by atoms with Crippen LogP contribution in [0.5, 0.6) is 0 Å². The molecular formula is C16H25Cl3N2O2. The molecule has 1 amide bonds. The van der Waals surface area contributed by atoms with Crippen LogP contribution in [0.4, 0.5) is 0 Å². The molecule has 0 fully saturated rings. The van der Waals surface area contributed by atoms with E-state index in [-0.39, 0.29) is 30.3 Å². The van der Waals surface area contributed by atoms with Crippen LogP contribution in [0.25, 0.3) is 0 Å². The molecular weight excluding hydrogens is 359 g/mol. The van der Waals surface area contributed by atoms with Crippen LogP contribution in [-0.4, -0.2) is 32.2 Å². The van der Waals surface area contributed by atoms with Crippen LogP contribution in [0.15, 0.2) is 18.2 Å². The summed E-state index contributed by atoms with van der Waals surface area (Å²) in [5, 5.41) is 3.97. The third-order valence-electron chi connectivity index (χ3n) is 4.17. The van der Waals surface area contributed by atoms with Crippen molar-refractivity contribution in [1.29, 1.82) is 0 Å². The Kier molecular flexibility index (Phi) is 10.1. The number of carbonyl (C=O) groups excluding carboxylic acids is 1. The van der Waals surface area contributed by atoms with E-state index in [1.54, 1.807) is 6.07 Å². The Bertz CT molecular complexity index is 508. The molecule has 0 heterocycles. The lowest BCUT2D eigenvalue weighted by Crippen LogP contribution is -2.48. The number of ether oxygens (including phenoxy) is 1. The van der Waals surface area contributed by atoms with Crippen LogP contribution in [0.2, 0.25) is 10.0 Å². The van der Waals surface area contributed by atoms with E-state index in [4.69, 9.17) is 33.7 Å². The highest BCUT2D eigenvalue weighted by atomic mass is 35.5. The van der Waals surface area contributed by atoms with E-state index in [9.17, 15) is 4.79 Å². The van der Waals surface area contributed by atoms with E-state index in [1.807, 2.05) is 12.1 Å². The molecule has 0 saturated carbocycles. The molecule has 1 unspecified atom stereocenters. The normalized spacial score (nSPS) is 12.4. The van der Waals surface area contributed by atoms with Gasteiger partial charge < -0.3 is 15.8 Å². The second-order valence-corrected chi connectivity index (χ2v) is 6.21. The van der Waals surface area contributed by atoms with Gasteiger partial charge in [0.15, 0.2) is 0 Å². The molecule has 0 spiro atoms. The van der Waals surface area contributed by atoms with Gasteiger partial charge in [-0.1, -0.05) is 43.1 Å². The van der Waals surface area contributed by atoms with Crippen molar-refractivity contribution >= 4 is 41.5 Å². The van der Waals surface area contributed by atoms with Crippen molar-refractivity contribution in [2.24, 2.45) is 5.73 Å². The van der Waals surface area contributed by atoms with E-state index in [0.29, 0.717) is 16.6 Å². The molecule has 1 aromatic carbocycles. The maximum Gasteiger partial charge on any atom is 0.239 e. The van der Waals surface area contributed by atoms with Gasteiger partial charge in [0.05, 0.1) is 16.7 Å². The van der Waals surface area contributed by atoms with Crippen LogP contribution in [0.3, 0.4) is 0 Å². The Balaban J connectivity index is 0.00000484. The number of hydrogen-bond acceptors (Lipinski definition) is 3. The highest BCUT2D eigenvalue weighted by Gasteiger charge is 2.30. The first-order valence-corrected chi connectivity index (χ1v) is 8.13. The second kappa shape index (κ2) is 10.4. The van der Waals surface area contributed by atoms with Gasteiger partial charge in [0.25, 0.3) is 0 Å². The largest absolute Gasteiger partial charge is 0.383 e. The molecule has 3 N–H and O–H groups in total. The molecule has 0 bridgehead atoms. The van der Waals surface area contributed by atoms with Crippen molar-refractivity contribution in [3.63, 3.8) is 0 Å². The van der Waals surface area contributed by atoms with Crippen molar-refractivity contribution in [3.05, 3.63) is 33.8 Å². The first kappa shape index (κ1) is 22.5. The summed E-state index contributed by atoms with van der Waals surface area (Å²) in [7, 11) is 1.52. The van der Waals surface area contributed by atoms with Crippen LogP contribution >= 0.6 is 35.6 Å². The molecule has 23 heavy (non-hydrogen) atoms. The molecule has 0 aliphatic rings. The highest BCUT2D eigenvalue weighted by Crippen LogP contribution is 2.34. The van der Waals surface area contributed by atoms with Gasteiger partial charge >= 0.3 is 0 Å². The summed E-state index contributed by atoms with van der Waals surface area (Å²) in [6.45, 7) is 4.87. The Morgan fingerprint density at radius 2 is 1.91 bits per heavy atom.